The molecule has 1 aliphatic rings. The lowest BCUT2D eigenvalue weighted by molar-refractivity contribution is -0.154. The molecule has 1 aromatic rings. The first-order valence-electron chi connectivity index (χ1n) is 10.5. The predicted octanol–water partition coefficient (Wildman–Crippen LogP) is 1.42. The van der Waals surface area contributed by atoms with Gasteiger partial charge in [0.2, 0.25) is 18.2 Å². The molecule has 1 aliphatic heterocycles. The molecule has 3 N–H and O–H groups in total. The number of rotatable bonds is 9. The summed E-state index contributed by atoms with van der Waals surface area (Å²) in [6.07, 6.45) is -2.98. The van der Waals surface area contributed by atoms with Crippen molar-refractivity contribution in [3.05, 3.63) is 35.4 Å². The van der Waals surface area contributed by atoms with E-state index < -0.39 is 29.5 Å². The number of piperidine rings is 1. The fourth-order valence-corrected chi connectivity index (χ4v) is 3.44. The summed E-state index contributed by atoms with van der Waals surface area (Å²) < 4.78 is 37.9. The maximum atomic E-state index is 12.6. The summed E-state index contributed by atoms with van der Waals surface area (Å²) in [5.41, 5.74) is -0.716. The number of hydrogen-bond acceptors (Lipinski definition) is 5. The summed E-state index contributed by atoms with van der Waals surface area (Å²) in [5.74, 6) is -1.90. The summed E-state index contributed by atoms with van der Waals surface area (Å²) in [7, 11) is 0. The molecule has 1 saturated heterocycles. The van der Waals surface area contributed by atoms with Crippen molar-refractivity contribution in [1.82, 2.24) is 20.6 Å². The SMILES string of the molecule is CCC(CN(O)C=O)C(=O)NCC(=O)N1CCC(NC(=O)c2ccc(C(F)(F)F)cc2)CC1. The Morgan fingerprint density at radius 2 is 1.82 bits per heavy atom. The van der Waals surface area contributed by atoms with E-state index in [0.717, 1.165) is 24.3 Å². The minimum Gasteiger partial charge on any atom is -0.349 e. The predicted molar refractivity (Wildman–Crippen MR) is 110 cm³/mol. The first-order chi connectivity index (χ1) is 15.5. The van der Waals surface area contributed by atoms with Gasteiger partial charge in [-0.05, 0) is 43.5 Å². The van der Waals surface area contributed by atoms with Crippen LogP contribution in [0.5, 0.6) is 0 Å². The van der Waals surface area contributed by atoms with Crippen LogP contribution in [0.3, 0.4) is 0 Å². The maximum absolute atomic E-state index is 12.6. The van der Waals surface area contributed by atoms with Gasteiger partial charge in [0.25, 0.3) is 5.91 Å². The van der Waals surface area contributed by atoms with Crippen molar-refractivity contribution in [2.24, 2.45) is 5.92 Å². The first-order valence-corrected chi connectivity index (χ1v) is 10.5. The van der Waals surface area contributed by atoms with Crippen molar-refractivity contribution in [2.75, 3.05) is 26.2 Å². The van der Waals surface area contributed by atoms with E-state index in [4.69, 9.17) is 0 Å². The van der Waals surface area contributed by atoms with Gasteiger partial charge in [-0.2, -0.15) is 13.2 Å². The number of carbonyl (C=O) groups excluding carboxylic acids is 4. The van der Waals surface area contributed by atoms with Crippen molar-refractivity contribution < 1.29 is 37.6 Å². The molecular formula is C21H27F3N4O5. The van der Waals surface area contributed by atoms with E-state index in [9.17, 15) is 37.6 Å². The number of halogens is 3. The van der Waals surface area contributed by atoms with Crippen molar-refractivity contribution in [1.29, 1.82) is 0 Å². The Labute approximate surface area is 188 Å². The highest BCUT2D eigenvalue weighted by Gasteiger charge is 2.30. The highest BCUT2D eigenvalue weighted by molar-refractivity contribution is 5.94. The normalized spacial score (nSPS) is 15.5. The Kier molecular flexibility index (Phi) is 9.21. The Morgan fingerprint density at radius 3 is 2.33 bits per heavy atom. The molecule has 33 heavy (non-hydrogen) atoms. The zero-order chi connectivity index (χ0) is 24.6. The number of hydrogen-bond donors (Lipinski definition) is 3. The first kappa shape index (κ1) is 26.1. The van der Waals surface area contributed by atoms with Crippen LogP contribution >= 0.6 is 0 Å². The number of alkyl halides is 3. The van der Waals surface area contributed by atoms with Crippen LogP contribution in [0.2, 0.25) is 0 Å². The van der Waals surface area contributed by atoms with Crippen LogP contribution in [0.4, 0.5) is 13.2 Å². The standard InChI is InChI=1S/C21H27F3N4O5/c1-2-14(12-28(33)13-29)19(31)25-11-18(30)27-9-7-17(8-10-27)26-20(32)15-3-5-16(6-4-15)21(22,23)24/h3-6,13-14,17,33H,2,7-12H2,1H3,(H,25,31)(H,26,32). The number of nitrogens with one attached hydrogen (secondary N) is 2. The number of likely N-dealkylation sites (tertiary alicyclic amines) is 1. The largest absolute Gasteiger partial charge is 0.416 e. The van der Waals surface area contributed by atoms with Crippen molar-refractivity contribution >= 4 is 24.1 Å². The third-order valence-electron chi connectivity index (χ3n) is 5.46. The Balaban J connectivity index is 1.77. The van der Waals surface area contributed by atoms with Crippen molar-refractivity contribution in [3.8, 4) is 0 Å². The van der Waals surface area contributed by atoms with Gasteiger partial charge in [0, 0.05) is 24.7 Å². The second-order valence-electron chi connectivity index (χ2n) is 7.75. The van der Waals surface area contributed by atoms with Gasteiger partial charge in [0.15, 0.2) is 0 Å². The number of hydroxylamine groups is 2. The van der Waals surface area contributed by atoms with Crippen molar-refractivity contribution in [2.45, 2.75) is 38.4 Å². The molecule has 0 spiro atoms. The minimum atomic E-state index is -4.47. The molecule has 0 aromatic heterocycles. The van der Waals surface area contributed by atoms with Gasteiger partial charge >= 0.3 is 6.18 Å². The fourth-order valence-electron chi connectivity index (χ4n) is 3.44. The van der Waals surface area contributed by atoms with Gasteiger partial charge < -0.3 is 15.5 Å². The van der Waals surface area contributed by atoms with E-state index in [1.54, 1.807) is 11.8 Å². The summed E-state index contributed by atoms with van der Waals surface area (Å²) in [6, 6.07) is 3.71. The van der Waals surface area contributed by atoms with Crippen LogP contribution in [-0.4, -0.2) is 71.5 Å². The van der Waals surface area contributed by atoms with Gasteiger partial charge in [0.1, 0.15) is 0 Å². The van der Waals surface area contributed by atoms with E-state index in [1.807, 2.05) is 0 Å². The zero-order valence-electron chi connectivity index (χ0n) is 18.1. The second kappa shape index (κ2) is 11.6. The lowest BCUT2D eigenvalue weighted by atomic mass is 10.0. The highest BCUT2D eigenvalue weighted by Crippen LogP contribution is 2.29. The average Bonchev–Trinajstić information content (AvgIpc) is 2.80. The molecule has 9 nitrogen and oxygen atoms in total. The summed E-state index contributed by atoms with van der Waals surface area (Å²) in [4.78, 5) is 48.9. The third-order valence-corrected chi connectivity index (χ3v) is 5.46. The third kappa shape index (κ3) is 7.74. The van der Waals surface area contributed by atoms with E-state index in [0.29, 0.717) is 37.4 Å². The Morgan fingerprint density at radius 1 is 1.21 bits per heavy atom. The van der Waals surface area contributed by atoms with Crippen molar-refractivity contribution in [3.63, 3.8) is 0 Å². The second-order valence-corrected chi connectivity index (χ2v) is 7.75. The number of nitrogens with zero attached hydrogens (tertiary/aromatic N) is 2. The smallest absolute Gasteiger partial charge is 0.349 e. The molecule has 1 unspecified atom stereocenters. The topological polar surface area (TPSA) is 119 Å². The highest BCUT2D eigenvalue weighted by atomic mass is 19.4. The number of benzene rings is 1. The van der Waals surface area contributed by atoms with Crippen LogP contribution < -0.4 is 10.6 Å². The molecule has 2 rings (SSSR count). The van der Waals surface area contributed by atoms with Crippen LogP contribution in [0.15, 0.2) is 24.3 Å². The maximum Gasteiger partial charge on any atom is 0.416 e. The van der Waals surface area contributed by atoms with Crippen LogP contribution in [0.25, 0.3) is 0 Å². The Hall–Kier alpha value is -3.15. The van der Waals surface area contributed by atoms with Gasteiger partial charge in [-0.1, -0.05) is 6.92 Å². The number of carbonyl (C=O) groups is 4. The van der Waals surface area contributed by atoms with Gasteiger partial charge in [-0.15, -0.1) is 0 Å². The molecule has 0 bridgehead atoms. The average molecular weight is 472 g/mol. The lowest BCUT2D eigenvalue weighted by Gasteiger charge is -2.32. The van der Waals surface area contributed by atoms with Crippen LogP contribution in [-0.2, 0) is 20.6 Å². The monoisotopic (exact) mass is 472 g/mol. The molecule has 0 aliphatic carbocycles. The number of amides is 4. The molecule has 1 atom stereocenters. The van der Waals surface area contributed by atoms with E-state index in [1.165, 1.54) is 0 Å². The molecular weight excluding hydrogens is 445 g/mol. The summed E-state index contributed by atoms with van der Waals surface area (Å²) in [6.45, 7) is 2.00. The molecule has 1 aromatic carbocycles. The zero-order valence-corrected chi connectivity index (χ0v) is 18.1. The molecule has 0 radical (unpaired) electrons. The van der Waals surface area contributed by atoms with Crippen LogP contribution in [0, 0.1) is 5.92 Å². The van der Waals surface area contributed by atoms with Gasteiger partial charge in [-0.3, -0.25) is 24.4 Å². The molecule has 1 fully saturated rings. The summed E-state index contributed by atoms with van der Waals surface area (Å²) >= 11 is 0. The lowest BCUT2D eigenvalue weighted by Crippen LogP contribution is -2.49. The van der Waals surface area contributed by atoms with E-state index in [-0.39, 0.29) is 37.0 Å². The summed E-state index contributed by atoms with van der Waals surface area (Å²) in [5, 5.41) is 14.9. The van der Waals surface area contributed by atoms with E-state index in [2.05, 4.69) is 10.6 Å². The van der Waals surface area contributed by atoms with Gasteiger partial charge in [0.05, 0.1) is 24.6 Å². The molecule has 0 saturated carbocycles. The fraction of sp³-hybridized carbons (Fsp3) is 0.524. The molecule has 4 amide bonds. The Bertz CT molecular complexity index is 839. The van der Waals surface area contributed by atoms with Crippen LogP contribution in [0.1, 0.15) is 42.1 Å². The molecule has 1 heterocycles. The molecule has 182 valence electrons. The van der Waals surface area contributed by atoms with E-state index >= 15 is 0 Å². The minimum absolute atomic E-state index is 0.116. The quantitative estimate of drug-likeness (QED) is 0.285. The van der Waals surface area contributed by atoms with Gasteiger partial charge in [-0.25, -0.2) is 5.06 Å². The molecule has 12 heteroatoms.